The summed E-state index contributed by atoms with van der Waals surface area (Å²) < 4.78 is 63.4. The number of piperidine rings is 1. The van der Waals surface area contributed by atoms with E-state index in [0.29, 0.717) is 5.69 Å². The van der Waals surface area contributed by atoms with E-state index in [1.807, 2.05) is 0 Å². The van der Waals surface area contributed by atoms with E-state index in [4.69, 9.17) is 0 Å². The van der Waals surface area contributed by atoms with Crippen molar-refractivity contribution in [1.29, 1.82) is 0 Å². The molecule has 1 atom stereocenters. The van der Waals surface area contributed by atoms with Crippen LogP contribution in [0.3, 0.4) is 0 Å². The summed E-state index contributed by atoms with van der Waals surface area (Å²) in [7, 11) is -3.90. The van der Waals surface area contributed by atoms with E-state index >= 15 is 0 Å². The lowest BCUT2D eigenvalue weighted by Crippen LogP contribution is -2.44. The molecule has 0 aromatic carbocycles. The van der Waals surface area contributed by atoms with Crippen LogP contribution >= 0.6 is 0 Å². The SMILES string of the molecule is Cc1[nH]ncc1S(=O)(=O)N1CCCC(C(F)(F)F)C1. The van der Waals surface area contributed by atoms with Gasteiger partial charge in [0.25, 0.3) is 0 Å². The van der Waals surface area contributed by atoms with Crippen LogP contribution in [0.25, 0.3) is 0 Å². The first-order valence-electron chi connectivity index (χ1n) is 5.80. The average Bonchev–Trinajstić information content (AvgIpc) is 2.75. The monoisotopic (exact) mass is 297 g/mol. The summed E-state index contributed by atoms with van der Waals surface area (Å²) in [5, 5.41) is 6.07. The number of aryl methyl sites for hydroxylation is 1. The normalized spacial score (nSPS) is 22.6. The lowest BCUT2D eigenvalue weighted by Gasteiger charge is -2.32. The first-order chi connectivity index (χ1) is 8.73. The van der Waals surface area contributed by atoms with Crippen molar-refractivity contribution in [1.82, 2.24) is 14.5 Å². The Balaban J connectivity index is 2.25. The first kappa shape index (κ1) is 14.3. The number of hydrogen-bond donors (Lipinski definition) is 1. The highest BCUT2D eigenvalue weighted by Crippen LogP contribution is 2.35. The minimum Gasteiger partial charge on any atom is -0.281 e. The fraction of sp³-hybridized carbons (Fsp3) is 0.700. The van der Waals surface area contributed by atoms with Gasteiger partial charge in [0.2, 0.25) is 10.0 Å². The molecule has 0 saturated carbocycles. The van der Waals surface area contributed by atoms with Crippen molar-refractivity contribution in [3.63, 3.8) is 0 Å². The van der Waals surface area contributed by atoms with Gasteiger partial charge in [-0.3, -0.25) is 5.10 Å². The predicted molar refractivity (Wildman–Crippen MR) is 60.9 cm³/mol. The van der Waals surface area contributed by atoms with Crippen LogP contribution in [0.15, 0.2) is 11.1 Å². The fourth-order valence-corrected chi connectivity index (χ4v) is 3.81. The summed E-state index contributed by atoms with van der Waals surface area (Å²) in [4.78, 5) is -0.0599. The number of alkyl halides is 3. The third kappa shape index (κ3) is 2.76. The molecule has 1 aliphatic rings. The molecule has 1 aromatic heterocycles. The van der Waals surface area contributed by atoms with Crippen molar-refractivity contribution < 1.29 is 21.6 Å². The van der Waals surface area contributed by atoms with E-state index in [0.717, 1.165) is 10.5 Å². The second kappa shape index (κ2) is 4.78. The Hall–Kier alpha value is -1.09. The minimum atomic E-state index is -4.36. The molecule has 9 heteroatoms. The van der Waals surface area contributed by atoms with Gasteiger partial charge in [0.05, 0.1) is 17.8 Å². The Morgan fingerprint density at radius 1 is 1.47 bits per heavy atom. The maximum atomic E-state index is 12.7. The molecule has 108 valence electrons. The molecule has 0 bridgehead atoms. The van der Waals surface area contributed by atoms with Crippen LogP contribution < -0.4 is 0 Å². The summed E-state index contributed by atoms with van der Waals surface area (Å²) in [5.41, 5.74) is 0.328. The molecule has 2 heterocycles. The summed E-state index contributed by atoms with van der Waals surface area (Å²) in [6.07, 6.45) is -3.05. The Kier molecular flexibility index (Phi) is 3.61. The highest BCUT2D eigenvalue weighted by Gasteiger charge is 2.44. The van der Waals surface area contributed by atoms with Crippen LogP contribution in [-0.2, 0) is 10.0 Å². The second-order valence-electron chi connectivity index (χ2n) is 4.60. The van der Waals surface area contributed by atoms with Crippen LogP contribution in [0.4, 0.5) is 13.2 Å². The Morgan fingerprint density at radius 3 is 2.68 bits per heavy atom. The Bertz CT molecular complexity index is 553. The van der Waals surface area contributed by atoms with E-state index in [1.54, 1.807) is 0 Å². The van der Waals surface area contributed by atoms with Crippen LogP contribution in [0, 0.1) is 12.8 Å². The smallest absolute Gasteiger partial charge is 0.281 e. The predicted octanol–water partition coefficient (Wildman–Crippen LogP) is 1.68. The number of sulfonamides is 1. The first-order valence-corrected chi connectivity index (χ1v) is 7.24. The van der Waals surface area contributed by atoms with Crippen LogP contribution in [0.1, 0.15) is 18.5 Å². The summed E-state index contributed by atoms with van der Waals surface area (Å²) in [5.74, 6) is -1.59. The highest BCUT2D eigenvalue weighted by atomic mass is 32.2. The fourth-order valence-electron chi connectivity index (χ4n) is 2.17. The standard InChI is InChI=1S/C10H14F3N3O2S/c1-7-9(5-14-15-7)19(17,18)16-4-2-3-8(6-16)10(11,12)13/h5,8H,2-4,6H2,1H3,(H,14,15). The van der Waals surface area contributed by atoms with Crippen molar-refractivity contribution >= 4 is 10.0 Å². The molecule has 1 fully saturated rings. The summed E-state index contributed by atoms with van der Waals surface area (Å²) >= 11 is 0. The number of H-pyrrole nitrogens is 1. The van der Waals surface area contributed by atoms with Crippen LogP contribution in [0.2, 0.25) is 0 Å². The van der Waals surface area contributed by atoms with Crippen LogP contribution in [0.5, 0.6) is 0 Å². The number of halogens is 3. The Labute approximate surface area is 108 Å². The summed E-state index contributed by atoms with van der Waals surface area (Å²) in [6.45, 7) is 1.11. The van der Waals surface area contributed by atoms with Gasteiger partial charge in [-0.05, 0) is 19.8 Å². The van der Waals surface area contributed by atoms with Gasteiger partial charge in [-0.15, -0.1) is 0 Å². The molecule has 0 amide bonds. The quantitative estimate of drug-likeness (QED) is 0.903. The zero-order chi connectivity index (χ0) is 14.3. The number of nitrogens with zero attached hydrogens (tertiary/aromatic N) is 2. The van der Waals surface area contributed by atoms with E-state index < -0.39 is 28.7 Å². The largest absolute Gasteiger partial charge is 0.393 e. The van der Waals surface area contributed by atoms with Crippen molar-refractivity contribution in [2.75, 3.05) is 13.1 Å². The van der Waals surface area contributed by atoms with Gasteiger partial charge >= 0.3 is 6.18 Å². The molecule has 1 aliphatic heterocycles. The molecule has 5 nitrogen and oxygen atoms in total. The number of rotatable bonds is 2. The van der Waals surface area contributed by atoms with Crippen molar-refractivity contribution in [3.8, 4) is 0 Å². The highest BCUT2D eigenvalue weighted by molar-refractivity contribution is 7.89. The number of nitrogens with one attached hydrogen (secondary N) is 1. The number of aromatic nitrogens is 2. The zero-order valence-corrected chi connectivity index (χ0v) is 11.1. The lowest BCUT2D eigenvalue weighted by atomic mass is 9.99. The second-order valence-corrected chi connectivity index (χ2v) is 6.51. The number of aromatic amines is 1. The molecule has 2 rings (SSSR count). The van der Waals surface area contributed by atoms with E-state index in [2.05, 4.69) is 10.2 Å². The van der Waals surface area contributed by atoms with Gasteiger partial charge in [0, 0.05) is 13.1 Å². The third-order valence-electron chi connectivity index (χ3n) is 3.25. The zero-order valence-electron chi connectivity index (χ0n) is 10.2. The molecule has 0 radical (unpaired) electrons. The van der Waals surface area contributed by atoms with E-state index in [-0.39, 0.29) is 24.3 Å². The van der Waals surface area contributed by atoms with Crippen molar-refractivity contribution in [2.45, 2.75) is 30.8 Å². The van der Waals surface area contributed by atoms with Gasteiger partial charge < -0.3 is 0 Å². The average molecular weight is 297 g/mol. The van der Waals surface area contributed by atoms with Crippen molar-refractivity contribution in [3.05, 3.63) is 11.9 Å². The summed E-state index contributed by atoms with van der Waals surface area (Å²) in [6, 6.07) is 0. The van der Waals surface area contributed by atoms with E-state index in [9.17, 15) is 21.6 Å². The molecular formula is C10H14F3N3O2S. The van der Waals surface area contributed by atoms with Gasteiger partial charge in [-0.25, -0.2) is 8.42 Å². The minimum absolute atomic E-state index is 0.0279. The molecule has 1 saturated heterocycles. The molecule has 0 aliphatic carbocycles. The van der Waals surface area contributed by atoms with Gasteiger partial charge in [-0.1, -0.05) is 0 Å². The third-order valence-corrected chi connectivity index (χ3v) is 5.23. The molecule has 0 spiro atoms. The molecule has 1 N–H and O–H groups in total. The van der Waals surface area contributed by atoms with Gasteiger partial charge in [-0.2, -0.15) is 22.6 Å². The number of hydrogen-bond acceptors (Lipinski definition) is 3. The van der Waals surface area contributed by atoms with Crippen molar-refractivity contribution in [2.24, 2.45) is 5.92 Å². The van der Waals surface area contributed by atoms with E-state index in [1.165, 1.54) is 6.92 Å². The maximum absolute atomic E-state index is 12.7. The lowest BCUT2D eigenvalue weighted by molar-refractivity contribution is -0.182. The molecule has 19 heavy (non-hydrogen) atoms. The van der Waals surface area contributed by atoms with Crippen LogP contribution in [-0.4, -0.2) is 42.2 Å². The van der Waals surface area contributed by atoms with Gasteiger partial charge in [0.1, 0.15) is 4.90 Å². The molecular weight excluding hydrogens is 283 g/mol. The molecule has 1 aromatic rings. The topological polar surface area (TPSA) is 66.1 Å². The molecule has 1 unspecified atom stereocenters. The van der Waals surface area contributed by atoms with Gasteiger partial charge in [0.15, 0.2) is 0 Å². The Morgan fingerprint density at radius 2 is 2.16 bits per heavy atom. The maximum Gasteiger partial charge on any atom is 0.393 e.